The molecule has 0 unspecified atom stereocenters. The maximum absolute atomic E-state index is 13.4. The molecule has 0 radical (unpaired) electrons. The van der Waals surface area contributed by atoms with E-state index in [-0.39, 0.29) is 10.4 Å². The molecule has 1 aromatic rings. The maximum Gasteiger partial charge on any atom is 0.143 e. The van der Waals surface area contributed by atoms with E-state index < -0.39 is 5.82 Å². The van der Waals surface area contributed by atoms with Crippen molar-refractivity contribution in [2.45, 2.75) is 24.7 Å². The third-order valence-electron chi connectivity index (χ3n) is 3.27. The van der Waals surface area contributed by atoms with Crippen LogP contribution in [0.2, 0.25) is 10.0 Å². The Hall–Kier alpha value is -0.310. The lowest BCUT2D eigenvalue weighted by atomic mass is 9.64. The zero-order valence-corrected chi connectivity index (χ0v) is 9.71. The molecule has 0 amide bonds. The summed E-state index contributed by atoms with van der Waals surface area (Å²) in [4.78, 5) is 0. The van der Waals surface area contributed by atoms with Gasteiger partial charge in [0.15, 0.2) is 0 Å². The minimum Gasteiger partial charge on any atom is -0.330 e. The summed E-state index contributed by atoms with van der Waals surface area (Å²) in [7, 11) is 0. The van der Waals surface area contributed by atoms with E-state index in [9.17, 15) is 4.39 Å². The van der Waals surface area contributed by atoms with Gasteiger partial charge in [-0.1, -0.05) is 29.6 Å². The number of halogens is 3. The van der Waals surface area contributed by atoms with Crippen LogP contribution >= 0.6 is 23.2 Å². The van der Waals surface area contributed by atoms with Crippen molar-refractivity contribution in [3.63, 3.8) is 0 Å². The average molecular weight is 248 g/mol. The molecule has 4 heteroatoms. The molecule has 1 aliphatic carbocycles. The van der Waals surface area contributed by atoms with Gasteiger partial charge in [0.25, 0.3) is 0 Å². The van der Waals surface area contributed by atoms with Crippen molar-refractivity contribution in [3.05, 3.63) is 33.6 Å². The van der Waals surface area contributed by atoms with Crippen LogP contribution in [0.25, 0.3) is 0 Å². The van der Waals surface area contributed by atoms with Crippen LogP contribution in [0.15, 0.2) is 12.1 Å². The van der Waals surface area contributed by atoms with Crippen LogP contribution in [-0.2, 0) is 5.41 Å². The molecule has 2 rings (SSSR count). The summed E-state index contributed by atoms with van der Waals surface area (Å²) in [5.41, 5.74) is 6.36. The third-order valence-corrected chi connectivity index (χ3v) is 3.87. The number of hydrogen-bond acceptors (Lipinski definition) is 1. The van der Waals surface area contributed by atoms with Crippen molar-refractivity contribution in [1.29, 1.82) is 0 Å². The van der Waals surface area contributed by atoms with Gasteiger partial charge >= 0.3 is 0 Å². The summed E-state index contributed by atoms with van der Waals surface area (Å²) < 4.78 is 13.4. The molecule has 2 N–H and O–H groups in total. The van der Waals surface area contributed by atoms with Crippen molar-refractivity contribution in [2.75, 3.05) is 6.54 Å². The largest absolute Gasteiger partial charge is 0.330 e. The van der Waals surface area contributed by atoms with Gasteiger partial charge in [0.1, 0.15) is 5.82 Å². The van der Waals surface area contributed by atoms with Crippen molar-refractivity contribution < 1.29 is 4.39 Å². The predicted molar refractivity (Wildman–Crippen MR) is 61.0 cm³/mol. The standard InChI is InChI=1S/C11H12Cl2FN/c12-7-4-8(10(13)9(14)5-7)11(6-15)2-1-3-11/h4-5H,1-3,6,15H2. The molecule has 0 atom stereocenters. The zero-order chi connectivity index (χ0) is 11.1. The number of hydrogen-bond donors (Lipinski definition) is 1. The van der Waals surface area contributed by atoms with Gasteiger partial charge < -0.3 is 5.73 Å². The Balaban J connectivity index is 2.51. The predicted octanol–water partition coefficient (Wildman–Crippen LogP) is 3.51. The third kappa shape index (κ3) is 1.75. The lowest BCUT2D eigenvalue weighted by Crippen LogP contribution is -2.41. The quantitative estimate of drug-likeness (QED) is 0.796. The minimum atomic E-state index is -0.459. The SMILES string of the molecule is NCC1(c2cc(Cl)cc(F)c2Cl)CCC1. The Bertz CT molecular complexity index is 383. The van der Waals surface area contributed by atoms with E-state index in [2.05, 4.69) is 0 Å². The van der Waals surface area contributed by atoms with Crippen LogP contribution in [0.3, 0.4) is 0 Å². The molecule has 1 fully saturated rings. The summed E-state index contributed by atoms with van der Waals surface area (Å²) in [6.07, 6.45) is 3.04. The summed E-state index contributed by atoms with van der Waals surface area (Å²) in [5.74, 6) is -0.459. The van der Waals surface area contributed by atoms with Crippen molar-refractivity contribution in [1.82, 2.24) is 0 Å². The fourth-order valence-corrected chi connectivity index (χ4v) is 2.64. The summed E-state index contributed by atoms with van der Waals surface area (Å²) in [6.45, 7) is 0.493. The molecule has 1 aromatic carbocycles. The van der Waals surface area contributed by atoms with Gasteiger partial charge in [-0.3, -0.25) is 0 Å². The lowest BCUT2D eigenvalue weighted by Gasteiger charge is -2.42. The minimum absolute atomic E-state index is 0.150. The number of rotatable bonds is 2. The highest BCUT2D eigenvalue weighted by Crippen LogP contribution is 2.46. The monoisotopic (exact) mass is 247 g/mol. The Labute approximate surface area is 98.4 Å². The van der Waals surface area contributed by atoms with Gasteiger partial charge in [-0.25, -0.2) is 4.39 Å². The molecule has 0 spiro atoms. The first kappa shape index (κ1) is 11.2. The smallest absolute Gasteiger partial charge is 0.143 e. The molecule has 0 bridgehead atoms. The lowest BCUT2D eigenvalue weighted by molar-refractivity contribution is 0.252. The van der Waals surface area contributed by atoms with E-state index in [0.717, 1.165) is 24.8 Å². The van der Waals surface area contributed by atoms with E-state index in [1.807, 2.05) is 0 Å². The Morgan fingerprint density at radius 2 is 2.00 bits per heavy atom. The van der Waals surface area contributed by atoms with E-state index >= 15 is 0 Å². The van der Waals surface area contributed by atoms with Crippen molar-refractivity contribution in [3.8, 4) is 0 Å². The highest BCUT2D eigenvalue weighted by Gasteiger charge is 2.39. The van der Waals surface area contributed by atoms with Crippen LogP contribution in [0.1, 0.15) is 24.8 Å². The molecule has 0 saturated heterocycles. The van der Waals surface area contributed by atoms with Crippen LogP contribution in [0.4, 0.5) is 4.39 Å². The molecule has 1 nitrogen and oxygen atoms in total. The molecule has 1 aliphatic rings. The fraction of sp³-hybridized carbons (Fsp3) is 0.455. The highest BCUT2D eigenvalue weighted by molar-refractivity contribution is 6.33. The van der Waals surface area contributed by atoms with E-state index in [1.54, 1.807) is 6.07 Å². The first-order valence-corrected chi connectivity index (χ1v) is 5.70. The van der Waals surface area contributed by atoms with Gasteiger partial charge in [-0.05, 0) is 30.5 Å². The second-order valence-corrected chi connectivity index (χ2v) is 4.90. The van der Waals surface area contributed by atoms with E-state index in [0.29, 0.717) is 11.6 Å². The summed E-state index contributed by atoms with van der Waals surface area (Å²) in [5, 5.41) is 0.552. The first-order chi connectivity index (χ1) is 7.09. The Morgan fingerprint density at radius 3 is 2.47 bits per heavy atom. The van der Waals surface area contributed by atoms with Gasteiger partial charge in [-0.15, -0.1) is 0 Å². The van der Waals surface area contributed by atoms with Gasteiger partial charge in [0.05, 0.1) is 5.02 Å². The molecule has 0 heterocycles. The fourth-order valence-electron chi connectivity index (χ4n) is 2.13. The van der Waals surface area contributed by atoms with Gasteiger partial charge in [-0.2, -0.15) is 0 Å². The second kappa shape index (κ2) is 3.93. The molecule has 0 aromatic heterocycles. The maximum atomic E-state index is 13.4. The zero-order valence-electron chi connectivity index (χ0n) is 8.19. The first-order valence-electron chi connectivity index (χ1n) is 4.94. The summed E-state index contributed by atoms with van der Waals surface area (Å²) >= 11 is 11.8. The molecule has 15 heavy (non-hydrogen) atoms. The highest BCUT2D eigenvalue weighted by atomic mass is 35.5. The number of nitrogens with two attached hydrogens (primary N) is 1. The normalized spacial score (nSPS) is 18.7. The number of benzene rings is 1. The van der Waals surface area contributed by atoms with Gasteiger partial charge in [0, 0.05) is 17.0 Å². The van der Waals surface area contributed by atoms with Gasteiger partial charge in [0.2, 0.25) is 0 Å². The van der Waals surface area contributed by atoms with E-state index in [4.69, 9.17) is 28.9 Å². The second-order valence-electron chi connectivity index (χ2n) is 4.09. The molecule has 82 valence electrons. The molecule has 0 aliphatic heterocycles. The summed E-state index contributed by atoms with van der Waals surface area (Å²) in [6, 6.07) is 2.97. The Kier molecular flexibility index (Phi) is 2.93. The Morgan fingerprint density at radius 1 is 1.33 bits per heavy atom. The van der Waals surface area contributed by atoms with Crippen LogP contribution in [0, 0.1) is 5.82 Å². The van der Waals surface area contributed by atoms with E-state index in [1.165, 1.54) is 6.07 Å². The van der Waals surface area contributed by atoms with Crippen molar-refractivity contribution >= 4 is 23.2 Å². The van der Waals surface area contributed by atoms with Crippen molar-refractivity contribution in [2.24, 2.45) is 5.73 Å². The van der Waals surface area contributed by atoms with Crippen LogP contribution in [-0.4, -0.2) is 6.54 Å². The molecule has 1 saturated carbocycles. The average Bonchev–Trinajstić information content (AvgIpc) is 2.12. The molecular formula is C11H12Cl2FN. The van der Waals surface area contributed by atoms with Crippen LogP contribution in [0.5, 0.6) is 0 Å². The topological polar surface area (TPSA) is 26.0 Å². The molecular weight excluding hydrogens is 236 g/mol. The van der Waals surface area contributed by atoms with Crippen LogP contribution < -0.4 is 5.73 Å².